The maximum atomic E-state index is 12.3. The summed E-state index contributed by atoms with van der Waals surface area (Å²) in [7, 11) is 0. The van der Waals surface area contributed by atoms with Crippen molar-refractivity contribution in [3.8, 4) is 23.0 Å². The fraction of sp³-hybridized carbons (Fsp3) is 0.300. The van der Waals surface area contributed by atoms with Gasteiger partial charge in [-0.25, -0.2) is 0 Å². The van der Waals surface area contributed by atoms with Crippen LogP contribution in [0.25, 0.3) is 0 Å². The molecule has 1 N–H and O–H groups in total. The van der Waals surface area contributed by atoms with E-state index in [2.05, 4.69) is 5.32 Å². The molecule has 0 fully saturated rings. The topological polar surface area (TPSA) is 83.1 Å². The third-order valence-corrected chi connectivity index (χ3v) is 4.33. The van der Waals surface area contributed by atoms with E-state index in [0.29, 0.717) is 53.9 Å². The monoisotopic (exact) mass is 369 g/mol. The summed E-state index contributed by atoms with van der Waals surface area (Å²) in [6.07, 6.45) is 1.00. The van der Waals surface area contributed by atoms with Crippen molar-refractivity contribution in [2.75, 3.05) is 25.3 Å². The highest BCUT2D eigenvalue weighted by Crippen LogP contribution is 2.34. The number of ketones is 1. The predicted octanol–water partition coefficient (Wildman–Crippen LogP) is 3.18. The standard InChI is InChI=1S/C20H19NO6/c22-15(13-4-6-16-18(10-13)25-9-8-24-16)2-1-3-20(23)21-14-5-7-17-19(11-14)27-12-26-17/h4-7,10-11H,1-3,8-9,12H2,(H,21,23). The van der Waals surface area contributed by atoms with Crippen molar-refractivity contribution in [3.63, 3.8) is 0 Å². The van der Waals surface area contributed by atoms with Gasteiger partial charge in [-0.1, -0.05) is 0 Å². The smallest absolute Gasteiger partial charge is 0.231 e. The largest absolute Gasteiger partial charge is 0.486 e. The Morgan fingerprint density at radius 3 is 2.41 bits per heavy atom. The number of benzene rings is 2. The van der Waals surface area contributed by atoms with Crippen LogP contribution >= 0.6 is 0 Å². The fourth-order valence-electron chi connectivity index (χ4n) is 2.97. The number of hydrogen-bond donors (Lipinski definition) is 1. The lowest BCUT2D eigenvalue weighted by atomic mass is 10.0. The molecule has 7 heteroatoms. The van der Waals surface area contributed by atoms with E-state index in [0.717, 1.165) is 0 Å². The quantitative estimate of drug-likeness (QED) is 0.788. The van der Waals surface area contributed by atoms with Crippen LogP contribution in [0.5, 0.6) is 23.0 Å². The first-order valence-corrected chi connectivity index (χ1v) is 8.81. The summed E-state index contributed by atoms with van der Waals surface area (Å²) in [5.74, 6) is 2.35. The van der Waals surface area contributed by atoms with Gasteiger partial charge in [-0.3, -0.25) is 9.59 Å². The van der Waals surface area contributed by atoms with E-state index in [1.807, 2.05) is 0 Å². The molecule has 0 saturated heterocycles. The summed E-state index contributed by atoms with van der Waals surface area (Å²) in [4.78, 5) is 24.4. The van der Waals surface area contributed by atoms with E-state index >= 15 is 0 Å². The first kappa shape index (κ1) is 17.2. The minimum atomic E-state index is -0.149. The third kappa shape index (κ3) is 3.97. The molecule has 2 heterocycles. The van der Waals surface area contributed by atoms with E-state index in [-0.39, 0.29) is 31.3 Å². The van der Waals surface area contributed by atoms with Crippen molar-refractivity contribution < 1.29 is 28.5 Å². The van der Waals surface area contributed by atoms with Gasteiger partial charge in [-0.15, -0.1) is 0 Å². The van der Waals surface area contributed by atoms with Crippen LogP contribution < -0.4 is 24.3 Å². The van der Waals surface area contributed by atoms with E-state index in [4.69, 9.17) is 18.9 Å². The van der Waals surface area contributed by atoms with E-state index in [1.165, 1.54) is 0 Å². The average molecular weight is 369 g/mol. The van der Waals surface area contributed by atoms with Crippen molar-refractivity contribution in [2.24, 2.45) is 0 Å². The van der Waals surface area contributed by atoms with Crippen molar-refractivity contribution in [2.45, 2.75) is 19.3 Å². The molecular formula is C20H19NO6. The lowest BCUT2D eigenvalue weighted by Crippen LogP contribution is -2.16. The summed E-state index contributed by atoms with van der Waals surface area (Å²) in [6, 6.07) is 10.4. The number of amides is 1. The molecule has 7 nitrogen and oxygen atoms in total. The molecule has 0 bridgehead atoms. The number of rotatable bonds is 6. The molecule has 2 aliphatic heterocycles. The third-order valence-electron chi connectivity index (χ3n) is 4.33. The van der Waals surface area contributed by atoms with Crippen molar-refractivity contribution >= 4 is 17.4 Å². The highest BCUT2D eigenvalue weighted by molar-refractivity contribution is 5.97. The molecule has 2 aromatic rings. The van der Waals surface area contributed by atoms with Crippen molar-refractivity contribution in [3.05, 3.63) is 42.0 Å². The van der Waals surface area contributed by atoms with Crippen LogP contribution in [0.1, 0.15) is 29.6 Å². The van der Waals surface area contributed by atoms with Gasteiger partial charge in [0.05, 0.1) is 0 Å². The molecule has 140 valence electrons. The number of carbonyl (C=O) groups excluding carboxylic acids is 2. The van der Waals surface area contributed by atoms with Gasteiger partial charge in [-0.05, 0) is 36.8 Å². The normalized spacial score (nSPS) is 13.9. The molecule has 2 aromatic carbocycles. The van der Waals surface area contributed by atoms with Crippen LogP contribution in [0.3, 0.4) is 0 Å². The van der Waals surface area contributed by atoms with Crippen LogP contribution in [0, 0.1) is 0 Å². The minimum Gasteiger partial charge on any atom is -0.486 e. The van der Waals surface area contributed by atoms with Gasteiger partial charge in [0.25, 0.3) is 0 Å². The first-order chi connectivity index (χ1) is 13.2. The molecular weight excluding hydrogens is 350 g/mol. The van der Waals surface area contributed by atoms with Crippen molar-refractivity contribution in [1.82, 2.24) is 0 Å². The Labute approximate surface area is 156 Å². The SMILES string of the molecule is O=C(CCCC(=O)c1ccc2c(c1)OCCO2)Nc1ccc2c(c1)OCO2. The Bertz CT molecular complexity index is 879. The van der Waals surface area contributed by atoms with Crippen LogP contribution in [-0.4, -0.2) is 31.7 Å². The van der Waals surface area contributed by atoms with Gasteiger partial charge in [0.1, 0.15) is 13.2 Å². The van der Waals surface area contributed by atoms with Gasteiger partial charge in [0, 0.05) is 30.2 Å². The Kier molecular flexibility index (Phi) is 4.82. The molecule has 0 aromatic heterocycles. The second kappa shape index (κ2) is 7.57. The number of hydrogen-bond acceptors (Lipinski definition) is 6. The minimum absolute atomic E-state index is 0.0251. The lowest BCUT2D eigenvalue weighted by molar-refractivity contribution is -0.116. The number of anilines is 1. The molecule has 0 radical (unpaired) electrons. The summed E-state index contributed by atoms with van der Waals surface area (Å²) in [6.45, 7) is 1.18. The van der Waals surface area contributed by atoms with Gasteiger partial charge in [-0.2, -0.15) is 0 Å². The van der Waals surface area contributed by atoms with Gasteiger partial charge >= 0.3 is 0 Å². The molecule has 27 heavy (non-hydrogen) atoms. The number of ether oxygens (including phenoxy) is 4. The van der Waals surface area contributed by atoms with Crippen molar-refractivity contribution in [1.29, 1.82) is 0 Å². The Hall–Kier alpha value is -3.22. The molecule has 0 aliphatic carbocycles. The maximum Gasteiger partial charge on any atom is 0.231 e. The molecule has 0 unspecified atom stereocenters. The van der Waals surface area contributed by atoms with Gasteiger partial charge < -0.3 is 24.3 Å². The molecule has 0 saturated carbocycles. The predicted molar refractivity (Wildman–Crippen MR) is 96.8 cm³/mol. The summed E-state index contributed by atoms with van der Waals surface area (Å²) in [5, 5.41) is 2.80. The highest BCUT2D eigenvalue weighted by Gasteiger charge is 2.16. The maximum absolute atomic E-state index is 12.3. The first-order valence-electron chi connectivity index (χ1n) is 8.81. The zero-order valence-corrected chi connectivity index (χ0v) is 14.7. The molecule has 0 atom stereocenters. The van der Waals surface area contributed by atoms with Gasteiger partial charge in [0.15, 0.2) is 28.8 Å². The highest BCUT2D eigenvalue weighted by atomic mass is 16.7. The Balaban J connectivity index is 1.26. The summed E-state index contributed by atoms with van der Waals surface area (Å²) < 4.78 is 21.5. The van der Waals surface area contributed by atoms with E-state index in [1.54, 1.807) is 36.4 Å². The van der Waals surface area contributed by atoms with E-state index in [9.17, 15) is 9.59 Å². The van der Waals surface area contributed by atoms with Crippen LogP contribution in [0.4, 0.5) is 5.69 Å². The van der Waals surface area contributed by atoms with Crippen LogP contribution in [0.15, 0.2) is 36.4 Å². The zero-order chi connectivity index (χ0) is 18.6. The summed E-state index contributed by atoms with van der Waals surface area (Å²) in [5.41, 5.74) is 1.21. The van der Waals surface area contributed by atoms with E-state index < -0.39 is 0 Å². The van der Waals surface area contributed by atoms with Crippen LogP contribution in [-0.2, 0) is 4.79 Å². The molecule has 0 spiro atoms. The fourth-order valence-corrected chi connectivity index (χ4v) is 2.97. The molecule has 1 amide bonds. The average Bonchev–Trinajstić information content (AvgIpc) is 3.15. The Morgan fingerprint density at radius 1 is 0.815 bits per heavy atom. The van der Waals surface area contributed by atoms with Crippen LogP contribution in [0.2, 0.25) is 0 Å². The number of nitrogens with one attached hydrogen (secondary N) is 1. The molecule has 2 aliphatic rings. The van der Waals surface area contributed by atoms with Gasteiger partial charge in [0.2, 0.25) is 12.7 Å². The second-order valence-electron chi connectivity index (χ2n) is 6.25. The second-order valence-corrected chi connectivity index (χ2v) is 6.25. The number of carbonyl (C=O) groups is 2. The molecule has 4 rings (SSSR count). The number of fused-ring (bicyclic) bond motifs is 2. The number of Topliss-reactive ketones (excluding diaryl/α,β-unsaturated/α-hetero) is 1. The lowest BCUT2D eigenvalue weighted by Gasteiger charge is -2.18. The summed E-state index contributed by atoms with van der Waals surface area (Å²) >= 11 is 0. The zero-order valence-electron chi connectivity index (χ0n) is 14.7. The Morgan fingerprint density at radius 2 is 1.52 bits per heavy atom.